The SMILES string of the molecule is CCC[C@](C)(Cl)OC(=O)c1ccc(-c2ccc(-c3ccc(C(=O)O[C@@](C)(Cl)CCC)cc3)cc2)cc1. The molecule has 0 fully saturated rings. The van der Waals surface area contributed by atoms with E-state index in [0.29, 0.717) is 24.0 Å². The second-order valence-electron chi connectivity index (χ2n) is 9.21. The maximum Gasteiger partial charge on any atom is 0.339 e. The molecule has 190 valence electrons. The summed E-state index contributed by atoms with van der Waals surface area (Å²) in [7, 11) is 0. The minimum Gasteiger partial charge on any atom is -0.440 e. The van der Waals surface area contributed by atoms with Gasteiger partial charge in [0.15, 0.2) is 10.1 Å². The summed E-state index contributed by atoms with van der Waals surface area (Å²) in [6, 6.07) is 22.6. The average Bonchev–Trinajstić information content (AvgIpc) is 2.83. The van der Waals surface area contributed by atoms with Gasteiger partial charge in [-0.25, -0.2) is 9.59 Å². The van der Waals surface area contributed by atoms with Gasteiger partial charge in [0.1, 0.15) is 0 Å². The minimum atomic E-state index is -1.00. The first kappa shape index (κ1) is 27.8. The predicted molar refractivity (Wildman–Crippen MR) is 146 cm³/mol. The minimum absolute atomic E-state index is 0.434. The van der Waals surface area contributed by atoms with Crippen molar-refractivity contribution in [3.63, 3.8) is 0 Å². The zero-order valence-corrected chi connectivity index (χ0v) is 22.7. The number of rotatable bonds is 10. The Morgan fingerprint density at radius 1 is 0.583 bits per heavy atom. The lowest BCUT2D eigenvalue weighted by atomic mass is 9.99. The Kier molecular flexibility index (Phi) is 9.21. The smallest absolute Gasteiger partial charge is 0.339 e. The molecule has 0 saturated carbocycles. The van der Waals surface area contributed by atoms with Crippen molar-refractivity contribution in [1.82, 2.24) is 0 Å². The number of ether oxygens (including phenoxy) is 2. The monoisotopic (exact) mass is 526 g/mol. The lowest BCUT2D eigenvalue weighted by Crippen LogP contribution is -2.25. The average molecular weight is 527 g/mol. The van der Waals surface area contributed by atoms with Gasteiger partial charge in [0.2, 0.25) is 0 Å². The Labute approximate surface area is 223 Å². The summed E-state index contributed by atoms with van der Waals surface area (Å²) in [6.07, 6.45) is 2.82. The Morgan fingerprint density at radius 3 is 1.08 bits per heavy atom. The van der Waals surface area contributed by atoms with Crippen molar-refractivity contribution >= 4 is 35.1 Å². The summed E-state index contributed by atoms with van der Waals surface area (Å²) in [5, 5.41) is -2.00. The molecule has 0 heterocycles. The zero-order chi connectivity index (χ0) is 26.3. The highest BCUT2D eigenvalue weighted by molar-refractivity contribution is 6.23. The molecule has 2 atom stereocenters. The number of hydrogen-bond acceptors (Lipinski definition) is 4. The van der Waals surface area contributed by atoms with Crippen molar-refractivity contribution in [3.05, 3.63) is 83.9 Å². The molecular formula is C30H32Cl2O4. The van der Waals surface area contributed by atoms with Crippen LogP contribution >= 0.6 is 23.2 Å². The number of alkyl halides is 2. The molecule has 3 aromatic rings. The summed E-state index contributed by atoms with van der Waals surface area (Å²) in [6.45, 7) is 7.39. The van der Waals surface area contributed by atoms with Crippen molar-refractivity contribution in [3.8, 4) is 22.3 Å². The standard InChI is InChI=1S/C30H32Cl2O4/c1-5-19-29(3,31)35-27(33)25-15-11-23(12-16-25)21-7-9-22(10-8-21)24-13-17-26(18-14-24)28(34)36-30(4,32)20-6-2/h7-18H,5-6,19-20H2,1-4H3/t29-,30-/m1/s1. The molecule has 0 amide bonds. The fourth-order valence-corrected chi connectivity index (χ4v) is 4.47. The summed E-state index contributed by atoms with van der Waals surface area (Å²) in [4.78, 5) is 24.8. The highest BCUT2D eigenvalue weighted by Crippen LogP contribution is 2.28. The van der Waals surface area contributed by atoms with E-state index in [9.17, 15) is 9.59 Å². The highest BCUT2D eigenvalue weighted by Gasteiger charge is 2.26. The maximum atomic E-state index is 12.4. The number of carbonyl (C=O) groups excluding carboxylic acids is 2. The number of esters is 2. The molecule has 3 rings (SSSR count). The maximum absolute atomic E-state index is 12.4. The molecule has 0 saturated heterocycles. The van der Waals surface area contributed by atoms with E-state index < -0.39 is 22.1 Å². The molecule has 0 aliphatic heterocycles. The molecule has 0 N–H and O–H groups in total. The van der Waals surface area contributed by atoms with Gasteiger partial charge < -0.3 is 9.47 Å². The second-order valence-corrected chi connectivity index (χ2v) is 10.8. The first-order valence-corrected chi connectivity index (χ1v) is 12.9. The van der Waals surface area contributed by atoms with Crippen LogP contribution in [0.2, 0.25) is 0 Å². The van der Waals surface area contributed by atoms with Crippen LogP contribution in [0.1, 0.15) is 74.1 Å². The van der Waals surface area contributed by atoms with Gasteiger partial charge in [0.25, 0.3) is 0 Å². The van der Waals surface area contributed by atoms with E-state index in [2.05, 4.69) is 0 Å². The van der Waals surface area contributed by atoms with Crippen molar-refractivity contribution in [2.24, 2.45) is 0 Å². The summed E-state index contributed by atoms with van der Waals surface area (Å²) in [5.74, 6) is -0.868. The van der Waals surface area contributed by atoms with Crippen LogP contribution in [0.25, 0.3) is 22.3 Å². The predicted octanol–water partition coefficient (Wildman–Crippen LogP) is 8.84. The van der Waals surface area contributed by atoms with E-state index in [1.54, 1.807) is 38.1 Å². The van der Waals surface area contributed by atoms with Crippen LogP contribution in [0.4, 0.5) is 0 Å². The van der Waals surface area contributed by atoms with Gasteiger partial charge in [-0.1, -0.05) is 98.4 Å². The van der Waals surface area contributed by atoms with Crippen LogP contribution in [-0.2, 0) is 9.47 Å². The molecule has 0 spiro atoms. The van der Waals surface area contributed by atoms with E-state index in [4.69, 9.17) is 32.7 Å². The van der Waals surface area contributed by atoms with Gasteiger partial charge in [0, 0.05) is 12.8 Å². The molecule has 0 radical (unpaired) electrons. The molecule has 6 heteroatoms. The van der Waals surface area contributed by atoms with Gasteiger partial charge in [-0.3, -0.25) is 0 Å². The first-order chi connectivity index (χ1) is 17.0. The van der Waals surface area contributed by atoms with E-state index in [-0.39, 0.29) is 0 Å². The summed E-state index contributed by atoms with van der Waals surface area (Å²) >= 11 is 12.5. The molecule has 0 unspecified atom stereocenters. The van der Waals surface area contributed by atoms with E-state index >= 15 is 0 Å². The van der Waals surface area contributed by atoms with Crippen LogP contribution in [0.3, 0.4) is 0 Å². The quantitative estimate of drug-likeness (QED) is 0.195. The number of carbonyl (C=O) groups is 2. The van der Waals surface area contributed by atoms with Crippen LogP contribution in [0.15, 0.2) is 72.8 Å². The highest BCUT2D eigenvalue weighted by atomic mass is 35.5. The molecule has 0 aliphatic carbocycles. The fourth-order valence-electron chi connectivity index (χ4n) is 3.95. The molecule has 0 bridgehead atoms. The lowest BCUT2D eigenvalue weighted by Gasteiger charge is -2.22. The Hall–Kier alpha value is -2.82. The van der Waals surface area contributed by atoms with Crippen molar-refractivity contribution in [2.45, 2.75) is 63.5 Å². The molecule has 4 nitrogen and oxygen atoms in total. The van der Waals surface area contributed by atoms with Gasteiger partial charge in [-0.15, -0.1) is 0 Å². The van der Waals surface area contributed by atoms with E-state index in [1.807, 2.05) is 62.4 Å². The number of hydrogen-bond donors (Lipinski definition) is 0. The molecule has 36 heavy (non-hydrogen) atoms. The third kappa shape index (κ3) is 7.59. The summed E-state index contributed by atoms with van der Waals surface area (Å²) < 4.78 is 10.8. The van der Waals surface area contributed by atoms with Crippen molar-refractivity contribution < 1.29 is 19.1 Å². The van der Waals surface area contributed by atoms with Gasteiger partial charge >= 0.3 is 11.9 Å². The topological polar surface area (TPSA) is 52.6 Å². The molecule has 3 aromatic carbocycles. The number of halogens is 2. The molecule has 0 aromatic heterocycles. The van der Waals surface area contributed by atoms with Crippen LogP contribution < -0.4 is 0 Å². The Morgan fingerprint density at radius 2 is 0.833 bits per heavy atom. The Balaban J connectivity index is 1.67. The van der Waals surface area contributed by atoms with Crippen molar-refractivity contribution in [2.75, 3.05) is 0 Å². The second kappa shape index (κ2) is 11.9. The first-order valence-electron chi connectivity index (χ1n) is 12.2. The number of benzene rings is 3. The fraction of sp³-hybridized carbons (Fsp3) is 0.333. The Bertz CT molecular complexity index is 1070. The van der Waals surface area contributed by atoms with E-state index in [1.165, 1.54) is 0 Å². The largest absolute Gasteiger partial charge is 0.440 e. The van der Waals surface area contributed by atoms with Crippen LogP contribution in [0, 0.1) is 0 Å². The van der Waals surface area contributed by atoms with Gasteiger partial charge in [0.05, 0.1) is 11.1 Å². The third-order valence-electron chi connectivity index (χ3n) is 5.80. The lowest BCUT2D eigenvalue weighted by molar-refractivity contribution is 0.0190. The third-order valence-corrected chi connectivity index (χ3v) is 6.33. The summed E-state index contributed by atoms with van der Waals surface area (Å²) in [5.41, 5.74) is 4.92. The van der Waals surface area contributed by atoms with Crippen LogP contribution in [0.5, 0.6) is 0 Å². The molecular weight excluding hydrogens is 495 g/mol. The van der Waals surface area contributed by atoms with Gasteiger partial charge in [-0.05, 0) is 60.4 Å². The van der Waals surface area contributed by atoms with Crippen LogP contribution in [-0.4, -0.2) is 22.1 Å². The van der Waals surface area contributed by atoms with Crippen molar-refractivity contribution in [1.29, 1.82) is 0 Å². The molecule has 0 aliphatic rings. The zero-order valence-electron chi connectivity index (χ0n) is 21.1. The normalized spacial score (nSPS) is 14.4. The van der Waals surface area contributed by atoms with E-state index in [0.717, 1.165) is 35.1 Å². The van der Waals surface area contributed by atoms with Gasteiger partial charge in [-0.2, -0.15) is 0 Å².